The third-order valence-electron chi connectivity index (χ3n) is 2.31. The van der Waals surface area contributed by atoms with Gasteiger partial charge >= 0.3 is 0 Å². The van der Waals surface area contributed by atoms with Crippen LogP contribution >= 0.6 is 0 Å². The molecule has 0 aliphatic carbocycles. The SMILES string of the molecule is NCc1cc2ccccc2c(OCC(F)F)n1. The number of ether oxygens (including phenoxy) is 1. The van der Waals surface area contributed by atoms with Crippen LogP contribution in [-0.4, -0.2) is 18.0 Å². The number of alkyl halides is 2. The molecule has 1 aromatic heterocycles. The molecule has 0 amide bonds. The van der Waals surface area contributed by atoms with Crippen LogP contribution in [0.1, 0.15) is 5.69 Å². The van der Waals surface area contributed by atoms with Crippen LogP contribution in [0.4, 0.5) is 8.78 Å². The maximum atomic E-state index is 12.1. The van der Waals surface area contributed by atoms with E-state index in [1.54, 1.807) is 12.1 Å². The first-order valence-electron chi connectivity index (χ1n) is 5.20. The maximum absolute atomic E-state index is 12.1. The van der Waals surface area contributed by atoms with E-state index in [0.717, 1.165) is 5.39 Å². The van der Waals surface area contributed by atoms with Crippen molar-refractivity contribution in [3.05, 3.63) is 36.0 Å². The average Bonchev–Trinajstić information content (AvgIpc) is 2.35. The van der Waals surface area contributed by atoms with Crippen molar-refractivity contribution in [3.63, 3.8) is 0 Å². The summed E-state index contributed by atoms with van der Waals surface area (Å²) in [6, 6.07) is 9.14. The van der Waals surface area contributed by atoms with E-state index in [4.69, 9.17) is 10.5 Å². The molecule has 2 rings (SSSR count). The first-order chi connectivity index (χ1) is 8.20. The Bertz CT molecular complexity index is 517. The van der Waals surface area contributed by atoms with Crippen LogP contribution in [0.15, 0.2) is 30.3 Å². The first kappa shape index (κ1) is 11.7. The molecule has 0 saturated heterocycles. The lowest BCUT2D eigenvalue weighted by atomic mass is 10.1. The number of benzene rings is 1. The van der Waals surface area contributed by atoms with Gasteiger partial charge in [-0.3, -0.25) is 0 Å². The molecule has 0 unspecified atom stereocenters. The molecule has 1 aromatic carbocycles. The molecule has 0 radical (unpaired) electrons. The largest absolute Gasteiger partial charge is 0.471 e. The fraction of sp³-hybridized carbons (Fsp3) is 0.250. The highest BCUT2D eigenvalue weighted by molar-refractivity contribution is 5.87. The lowest BCUT2D eigenvalue weighted by Gasteiger charge is -2.09. The summed E-state index contributed by atoms with van der Waals surface area (Å²) in [7, 11) is 0. The van der Waals surface area contributed by atoms with Gasteiger partial charge in [-0.05, 0) is 17.5 Å². The summed E-state index contributed by atoms with van der Waals surface area (Å²) in [5.74, 6) is 0.212. The van der Waals surface area contributed by atoms with E-state index < -0.39 is 13.0 Å². The van der Waals surface area contributed by atoms with Crippen LogP contribution in [-0.2, 0) is 6.54 Å². The van der Waals surface area contributed by atoms with Crippen LogP contribution in [0, 0.1) is 0 Å². The minimum absolute atomic E-state index is 0.212. The molecule has 0 atom stereocenters. The molecule has 0 saturated carbocycles. The van der Waals surface area contributed by atoms with Gasteiger partial charge in [0.2, 0.25) is 5.88 Å². The smallest absolute Gasteiger partial charge is 0.272 e. The minimum Gasteiger partial charge on any atom is -0.471 e. The molecule has 0 bridgehead atoms. The molecule has 1 heterocycles. The number of nitrogens with two attached hydrogens (primary N) is 1. The van der Waals surface area contributed by atoms with E-state index in [1.807, 2.05) is 18.2 Å². The van der Waals surface area contributed by atoms with Gasteiger partial charge in [-0.15, -0.1) is 0 Å². The number of rotatable bonds is 4. The third kappa shape index (κ3) is 2.68. The predicted octanol–water partition coefficient (Wildman–Crippen LogP) is 2.34. The van der Waals surface area contributed by atoms with Gasteiger partial charge in [0, 0.05) is 11.9 Å². The number of halogens is 2. The van der Waals surface area contributed by atoms with E-state index in [2.05, 4.69) is 4.98 Å². The standard InChI is InChI=1S/C12H12F2N2O/c13-11(14)7-17-12-10-4-2-1-3-8(10)5-9(6-15)16-12/h1-5,11H,6-7,15H2. The van der Waals surface area contributed by atoms with Crippen molar-refractivity contribution in [2.75, 3.05) is 6.61 Å². The molecule has 2 N–H and O–H groups in total. The molecular formula is C12H12F2N2O. The zero-order valence-electron chi connectivity index (χ0n) is 9.07. The van der Waals surface area contributed by atoms with Gasteiger partial charge in [0.15, 0.2) is 6.61 Å². The van der Waals surface area contributed by atoms with Crippen molar-refractivity contribution in [2.24, 2.45) is 5.73 Å². The first-order valence-corrected chi connectivity index (χ1v) is 5.20. The van der Waals surface area contributed by atoms with Gasteiger partial charge in [-0.2, -0.15) is 0 Å². The monoisotopic (exact) mass is 238 g/mol. The Balaban J connectivity index is 2.43. The van der Waals surface area contributed by atoms with Gasteiger partial charge in [0.25, 0.3) is 6.43 Å². The van der Waals surface area contributed by atoms with Crippen molar-refractivity contribution in [3.8, 4) is 5.88 Å². The maximum Gasteiger partial charge on any atom is 0.272 e. The van der Waals surface area contributed by atoms with Crippen LogP contribution in [0.2, 0.25) is 0 Å². The summed E-state index contributed by atoms with van der Waals surface area (Å²) in [6.45, 7) is -0.416. The number of pyridine rings is 1. The zero-order chi connectivity index (χ0) is 12.3. The molecule has 17 heavy (non-hydrogen) atoms. The predicted molar refractivity (Wildman–Crippen MR) is 61.1 cm³/mol. The normalized spacial score (nSPS) is 11.1. The van der Waals surface area contributed by atoms with E-state index in [-0.39, 0.29) is 12.4 Å². The number of nitrogens with zero attached hydrogens (tertiary/aromatic N) is 1. The highest BCUT2D eigenvalue weighted by atomic mass is 19.3. The second-order valence-electron chi connectivity index (χ2n) is 3.55. The summed E-state index contributed by atoms with van der Waals surface area (Å²) in [5, 5.41) is 1.59. The van der Waals surface area contributed by atoms with Gasteiger partial charge in [0.05, 0.1) is 5.69 Å². The molecule has 0 aliphatic rings. The highest BCUT2D eigenvalue weighted by Gasteiger charge is 2.09. The molecule has 0 aliphatic heterocycles. The Hall–Kier alpha value is -1.75. The van der Waals surface area contributed by atoms with Crippen LogP contribution in [0.25, 0.3) is 10.8 Å². The topological polar surface area (TPSA) is 48.1 Å². The van der Waals surface area contributed by atoms with Gasteiger partial charge in [0.1, 0.15) is 0 Å². The highest BCUT2D eigenvalue weighted by Crippen LogP contribution is 2.24. The summed E-state index contributed by atoms with van der Waals surface area (Å²) in [5.41, 5.74) is 6.12. The van der Waals surface area contributed by atoms with E-state index in [0.29, 0.717) is 11.1 Å². The Morgan fingerprint density at radius 3 is 2.76 bits per heavy atom. The zero-order valence-corrected chi connectivity index (χ0v) is 9.07. The van der Waals surface area contributed by atoms with E-state index in [1.165, 1.54) is 0 Å². The minimum atomic E-state index is -2.52. The molecule has 90 valence electrons. The van der Waals surface area contributed by atoms with Crippen molar-refractivity contribution in [1.82, 2.24) is 4.98 Å². The van der Waals surface area contributed by atoms with Crippen LogP contribution in [0.3, 0.4) is 0 Å². The number of fused-ring (bicyclic) bond motifs is 1. The summed E-state index contributed by atoms with van der Waals surface area (Å²) < 4.78 is 29.3. The van der Waals surface area contributed by atoms with Crippen LogP contribution < -0.4 is 10.5 Å². The van der Waals surface area contributed by atoms with Crippen molar-refractivity contribution in [2.45, 2.75) is 13.0 Å². The molecule has 0 spiro atoms. The second-order valence-corrected chi connectivity index (χ2v) is 3.55. The number of hydrogen-bond donors (Lipinski definition) is 1. The second kappa shape index (κ2) is 5.05. The summed E-state index contributed by atoms with van der Waals surface area (Å²) >= 11 is 0. The fourth-order valence-electron chi connectivity index (χ4n) is 1.58. The molecular weight excluding hydrogens is 226 g/mol. The quantitative estimate of drug-likeness (QED) is 0.889. The van der Waals surface area contributed by atoms with Gasteiger partial charge < -0.3 is 10.5 Å². The van der Waals surface area contributed by atoms with E-state index in [9.17, 15) is 8.78 Å². The lowest BCUT2D eigenvalue weighted by molar-refractivity contribution is 0.0803. The Kier molecular flexibility index (Phi) is 3.49. The Morgan fingerprint density at radius 2 is 2.06 bits per heavy atom. The summed E-state index contributed by atoms with van der Waals surface area (Å²) in [4.78, 5) is 4.11. The lowest BCUT2D eigenvalue weighted by Crippen LogP contribution is -2.09. The third-order valence-corrected chi connectivity index (χ3v) is 2.31. The molecule has 0 fully saturated rings. The van der Waals surface area contributed by atoms with E-state index >= 15 is 0 Å². The van der Waals surface area contributed by atoms with Crippen molar-refractivity contribution >= 4 is 10.8 Å². The average molecular weight is 238 g/mol. The molecule has 5 heteroatoms. The Labute approximate surface area is 97.2 Å². The summed E-state index contributed by atoms with van der Waals surface area (Å²) in [6.07, 6.45) is -2.52. The number of hydrogen-bond acceptors (Lipinski definition) is 3. The molecule has 3 nitrogen and oxygen atoms in total. The van der Waals surface area contributed by atoms with Crippen LogP contribution in [0.5, 0.6) is 5.88 Å². The fourth-order valence-corrected chi connectivity index (χ4v) is 1.58. The van der Waals surface area contributed by atoms with Gasteiger partial charge in [-0.1, -0.05) is 18.2 Å². The number of aromatic nitrogens is 1. The van der Waals surface area contributed by atoms with Crippen molar-refractivity contribution in [1.29, 1.82) is 0 Å². The molecule has 2 aromatic rings. The van der Waals surface area contributed by atoms with Crippen molar-refractivity contribution < 1.29 is 13.5 Å². The van der Waals surface area contributed by atoms with Gasteiger partial charge in [-0.25, -0.2) is 13.8 Å². The Morgan fingerprint density at radius 1 is 1.29 bits per heavy atom.